The average molecular weight is 466 g/mol. The molecule has 3 atom stereocenters. The standard InChI is InChI=1S/C25H20ClNO6/c1-10(28)19-18(30)8-12-6-11-7-15-13(14-4-5-27-9-16(14)26)2-3-17(29)22(15)25(33)20(11)24(32)21(12)23(19)31/h2-5,9,11-12,21,29-30,32H,6-8H2,1H3. The second-order valence-corrected chi connectivity index (χ2v) is 9.20. The fraction of sp³-hybridized carbons (Fsp3) is 0.280. The van der Waals surface area contributed by atoms with Crippen molar-refractivity contribution in [3.8, 4) is 16.9 Å². The van der Waals surface area contributed by atoms with Gasteiger partial charge in [0.1, 0.15) is 17.3 Å². The summed E-state index contributed by atoms with van der Waals surface area (Å²) in [5.41, 5.74) is 1.81. The number of phenols is 1. The van der Waals surface area contributed by atoms with Gasteiger partial charge in [0, 0.05) is 30.0 Å². The minimum atomic E-state index is -1.06. The van der Waals surface area contributed by atoms with Gasteiger partial charge in [0.2, 0.25) is 0 Å². The number of halogens is 1. The number of carbonyl (C=O) groups is 3. The molecule has 1 heterocycles. The monoisotopic (exact) mass is 465 g/mol. The maximum Gasteiger partial charge on any atom is 0.196 e. The quantitative estimate of drug-likeness (QED) is 0.565. The van der Waals surface area contributed by atoms with Crippen LogP contribution in [0.15, 0.2) is 53.3 Å². The number of carbonyl (C=O) groups excluding carboxylic acids is 3. The maximum absolute atomic E-state index is 13.5. The van der Waals surface area contributed by atoms with Crippen LogP contribution in [-0.4, -0.2) is 37.7 Å². The van der Waals surface area contributed by atoms with Crippen molar-refractivity contribution in [2.75, 3.05) is 0 Å². The first kappa shape index (κ1) is 21.4. The molecule has 2 aromatic rings. The van der Waals surface area contributed by atoms with Crippen LogP contribution in [0.2, 0.25) is 5.02 Å². The Hall–Kier alpha value is -3.45. The van der Waals surface area contributed by atoms with Gasteiger partial charge < -0.3 is 15.3 Å². The molecule has 8 heteroatoms. The van der Waals surface area contributed by atoms with Gasteiger partial charge in [-0.05, 0) is 54.9 Å². The van der Waals surface area contributed by atoms with Crippen LogP contribution in [0, 0.1) is 17.8 Å². The molecule has 0 spiro atoms. The number of aromatic nitrogens is 1. The molecule has 7 nitrogen and oxygen atoms in total. The van der Waals surface area contributed by atoms with Gasteiger partial charge in [0.05, 0.1) is 22.1 Å². The van der Waals surface area contributed by atoms with E-state index in [0.717, 1.165) is 0 Å². The topological polar surface area (TPSA) is 125 Å². The van der Waals surface area contributed by atoms with E-state index in [1.165, 1.54) is 19.2 Å². The Morgan fingerprint density at radius 1 is 1.09 bits per heavy atom. The first-order valence-corrected chi connectivity index (χ1v) is 11.0. The third-order valence-electron chi connectivity index (χ3n) is 6.94. The van der Waals surface area contributed by atoms with Crippen LogP contribution < -0.4 is 0 Å². The van der Waals surface area contributed by atoms with Crippen molar-refractivity contribution in [3.05, 3.63) is 69.4 Å². The van der Waals surface area contributed by atoms with E-state index in [0.29, 0.717) is 34.6 Å². The van der Waals surface area contributed by atoms with E-state index in [4.69, 9.17) is 11.6 Å². The van der Waals surface area contributed by atoms with E-state index in [1.54, 1.807) is 18.3 Å². The first-order chi connectivity index (χ1) is 15.7. The molecule has 0 fully saturated rings. The van der Waals surface area contributed by atoms with E-state index < -0.39 is 35.1 Å². The number of Topliss-reactive ketones (excluding diaryl/α,β-unsaturated/α-hetero) is 3. The zero-order valence-corrected chi connectivity index (χ0v) is 18.4. The molecule has 0 amide bonds. The summed E-state index contributed by atoms with van der Waals surface area (Å²) in [7, 11) is 0. The smallest absolute Gasteiger partial charge is 0.196 e. The fourth-order valence-electron chi connectivity index (χ4n) is 5.60. The number of hydrogen-bond acceptors (Lipinski definition) is 7. The highest BCUT2D eigenvalue weighted by atomic mass is 35.5. The number of rotatable bonds is 2. The van der Waals surface area contributed by atoms with Crippen molar-refractivity contribution >= 4 is 29.0 Å². The van der Waals surface area contributed by atoms with Crippen molar-refractivity contribution in [1.82, 2.24) is 4.98 Å². The van der Waals surface area contributed by atoms with Crippen LogP contribution in [-0.2, 0) is 16.0 Å². The molecule has 0 bridgehead atoms. The Balaban J connectivity index is 1.66. The molecule has 168 valence electrons. The largest absolute Gasteiger partial charge is 0.511 e. The fourth-order valence-corrected chi connectivity index (χ4v) is 5.82. The molecule has 3 aliphatic carbocycles. The molecule has 3 aliphatic rings. The molecule has 3 N–H and O–H groups in total. The molecular weight excluding hydrogens is 446 g/mol. The summed E-state index contributed by atoms with van der Waals surface area (Å²) < 4.78 is 0. The van der Waals surface area contributed by atoms with Crippen LogP contribution in [0.5, 0.6) is 5.75 Å². The lowest BCUT2D eigenvalue weighted by molar-refractivity contribution is -0.125. The lowest BCUT2D eigenvalue weighted by Gasteiger charge is -2.41. The second-order valence-electron chi connectivity index (χ2n) is 8.79. The molecular formula is C25H20ClNO6. The average Bonchev–Trinajstić information content (AvgIpc) is 2.73. The second kappa shape index (κ2) is 7.56. The van der Waals surface area contributed by atoms with E-state index in [-0.39, 0.29) is 40.4 Å². The van der Waals surface area contributed by atoms with Gasteiger partial charge in [-0.2, -0.15) is 0 Å². The number of ketones is 3. The lowest BCUT2D eigenvalue weighted by Crippen LogP contribution is -2.42. The molecule has 0 aliphatic heterocycles. The van der Waals surface area contributed by atoms with Crippen molar-refractivity contribution in [2.24, 2.45) is 17.8 Å². The van der Waals surface area contributed by atoms with Crippen molar-refractivity contribution in [2.45, 2.75) is 26.2 Å². The highest BCUT2D eigenvalue weighted by Crippen LogP contribution is 2.51. The van der Waals surface area contributed by atoms with Crippen LogP contribution in [0.4, 0.5) is 0 Å². The number of fused-ring (bicyclic) bond motifs is 3. The molecule has 5 rings (SSSR count). The van der Waals surface area contributed by atoms with Crippen molar-refractivity contribution in [3.63, 3.8) is 0 Å². The summed E-state index contributed by atoms with van der Waals surface area (Å²) in [6, 6.07) is 4.83. The normalized spacial score (nSPS) is 24.4. The predicted molar refractivity (Wildman–Crippen MR) is 119 cm³/mol. The molecule has 33 heavy (non-hydrogen) atoms. The zero-order chi connectivity index (χ0) is 23.6. The molecule has 0 saturated heterocycles. The van der Waals surface area contributed by atoms with E-state index in [2.05, 4.69) is 4.98 Å². The number of allylic oxidation sites excluding steroid dienone is 4. The first-order valence-electron chi connectivity index (χ1n) is 10.6. The Morgan fingerprint density at radius 2 is 1.85 bits per heavy atom. The molecule has 1 aromatic carbocycles. The van der Waals surface area contributed by atoms with Gasteiger partial charge in [0.15, 0.2) is 17.3 Å². The van der Waals surface area contributed by atoms with Crippen LogP contribution in [0.3, 0.4) is 0 Å². The molecule has 3 unspecified atom stereocenters. The van der Waals surface area contributed by atoms with Gasteiger partial charge >= 0.3 is 0 Å². The van der Waals surface area contributed by atoms with E-state index in [1.807, 2.05) is 0 Å². The van der Waals surface area contributed by atoms with Gasteiger partial charge in [-0.3, -0.25) is 19.4 Å². The van der Waals surface area contributed by atoms with Gasteiger partial charge in [-0.1, -0.05) is 17.7 Å². The zero-order valence-electron chi connectivity index (χ0n) is 17.6. The number of nitrogens with zero attached hydrogens (tertiary/aromatic N) is 1. The number of benzene rings is 1. The maximum atomic E-state index is 13.5. The third kappa shape index (κ3) is 3.10. The predicted octanol–water partition coefficient (Wildman–Crippen LogP) is 4.28. The number of aliphatic hydroxyl groups excluding tert-OH is 2. The Morgan fingerprint density at radius 3 is 2.55 bits per heavy atom. The summed E-state index contributed by atoms with van der Waals surface area (Å²) in [6.45, 7) is 1.19. The van der Waals surface area contributed by atoms with Crippen LogP contribution >= 0.6 is 11.6 Å². The van der Waals surface area contributed by atoms with Gasteiger partial charge in [0.25, 0.3) is 0 Å². The summed E-state index contributed by atoms with van der Waals surface area (Å²) in [4.78, 5) is 42.4. The van der Waals surface area contributed by atoms with Gasteiger partial charge in [-0.25, -0.2) is 0 Å². The minimum absolute atomic E-state index is 0.0727. The van der Waals surface area contributed by atoms with E-state index >= 15 is 0 Å². The van der Waals surface area contributed by atoms with E-state index in [9.17, 15) is 29.7 Å². The highest BCUT2D eigenvalue weighted by molar-refractivity contribution is 6.33. The number of phenolic OH excluding ortho intramolecular Hbond substituents is 1. The molecule has 0 saturated carbocycles. The Labute approximate surface area is 194 Å². The summed E-state index contributed by atoms with van der Waals surface area (Å²) in [5, 5.41) is 32.4. The van der Waals surface area contributed by atoms with Gasteiger partial charge in [-0.15, -0.1) is 0 Å². The molecule has 1 aromatic heterocycles. The minimum Gasteiger partial charge on any atom is -0.511 e. The number of hydrogen-bond donors (Lipinski definition) is 3. The third-order valence-corrected chi connectivity index (χ3v) is 7.24. The Kier molecular flexibility index (Phi) is 4.90. The summed E-state index contributed by atoms with van der Waals surface area (Å²) >= 11 is 6.34. The SMILES string of the molecule is CC(=O)C1=C(O)CC2CC3Cc4c(-c5ccncc5Cl)ccc(O)c4C(=O)C3=C(O)C2C1=O. The number of pyridine rings is 1. The number of aliphatic hydroxyl groups is 2. The van der Waals surface area contributed by atoms with Crippen molar-refractivity contribution in [1.29, 1.82) is 0 Å². The van der Waals surface area contributed by atoms with Crippen molar-refractivity contribution < 1.29 is 29.7 Å². The lowest BCUT2D eigenvalue weighted by atomic mass is 9.62. The number of aromatic hydroxyl groups is 1. The molecule has 0 radical (unpaired) electrons. The Bertz CT molecular complexity index is 1320. The summed E-state index contributed by atoms with van der Waals surface area (Å²) in [5.74, 6) is -4.55. The highest BCUT2D eigenvalue weighted by Gasteiger charge is 2.50. The summed E-state index contributed by atoms with van der Waals surface area (Å²) in [6.07, 6.45) is 3.87. The van der Waals surface area contributed by atoms with Crippen LogP contribution in [0.1, 0.15) is 35.7 Å². The van der Waals surface area contributed by atoms with Crippen LogP contribution in [0.25, 0.3) is 11.1 Å².